The van der Waals surface area contributed by atoms with E-state index in [0.29, 0.717) is 17.3 Å². The van der Waals surface area contributed by atoms with Crippen molar-refractivity contribution in [3.05, 3.63) is 83.8 Å². The highest BCUT2D eigenvalue weighted by molar-refractivity contribution is 7.99. The summed E-state index contributed by atoms with van der Waals surface area (Å²) in [5.41, 5.74) is 2.66. The van der Waals surface area contributed by atoms with E-state index in [0.717, 1.165) is 28.5 Å². The van der Waals surface area contributed by atoms with E-state index < -0.39 is 0 Å². The van der Waals surface area contributed by atoms with Crippen LogP contribution in [0.15, 0.2) is 76.5 Å². The van der Waals surface area contributed by atoms with Crippen molar-refractivity contribution in [2.24, 2.45) is 0 Å². The van der Waals surface area contributed by atoms with Crippen molar-refractivity contribution in [1.82, 2.24) is 14.8 Å². The minimum Gasteiger partial charge on any atom is -0.497 e. The van der Waals surface area contributed by atoms with Crippen molar-refractivity contribution in [3.8, 4) is 17.1 Å². The van der Waals surface area contributed by atoms with Gasteiger partial charge in [0.2, 0.25) is 0 Å². The highest BCUT2D eigenvalue weighted by atomic mass is 32.2. The lowest BCUT2D eigenvalue weighted by Crippen LogP contribution is -2.07. The van der Waals surface area contributed by atoms with Gasteiger partial charge in [-0.25, -0.2) is 0 Å². The molecule has 0 saturated carbocycles. The molecular weight excluding hydrogens is 398 g/mol. The fourth-order valence-electron chi connectivity index (χ4n) is 3.11. The predicted octanol–water partition coefficient (Wildman–Crippen LogP) is 4.88. The first-order chi connectivity index (χ1) is 14.7. The van der Waals surface area contributed by atoms with Gasteiger partial charge < -0.3 is 9.15 Å². The van der Waals surface area contributed by atoms with Gasteiger partial charge in [-0.15, -0.1) is 10.2 Å². The Kier molecular flexibility index (Phi) is 5.99. The summed E-state index contributed by atoms with van der Waals surface area (Å²) in [7, 11) is 1.60. The van der Waals surface area contributed by atoms with E-state index in [4.69, 9.17) is 9.15 Å². The van der Waals surface area contributed by atoms with Crippen LogP contribution < -0.4 is 4.74 Å². The molecule has 30 heavy (non-hydrogen) atoms. The van der Waals surface area contributed by atoms with Crippen molar-refractivity contribution in [2.75, 3.05) is 12.9 Å². The number of furan rings is 1. The number of carbonyl (C=O) groups excluding carboxylic acids is 1. The van der Waals surface area contributed by atoms with Gasteiger partial charge in [-0.3, -0.25) is 9.36 Å². The molecule has 0 bridgehead atoms. The molecule has 2 aromatic heterocycles. The number of Topliss-reactive ketones (excluding diaryl/α,β-unsaturated/α-hetero) is 1. The van der Waals surface area contributed by atoms with Crippen LogP contribution in [-0.4, -0.2) is 33.4 Å². The van der Waals surface area contributed by atoms with Crippen LogP contribution in [0.1, 0.15) is 21.7 Å². The summed E-state index contributed by atoms with van der Waals surface area (Å²) in [5, 5.41) is 9.45. The molecule has 0 N–H and O–H groups in total. The van der Waals surface area contributed by atoms with E-state index in [-0.39, 0.29) is 11.5 Å². The zero-order chi connectivity index (χ0) is 20.9. The topological polar surface area (TPSA) is 70.2 Å². The number of ether oxygens (including phenoxy) is 1. The van der Waals surface area contributed by atoms with Crippen LogP contribution in [0.5, 0.6) is 5.75 Å². The summed E-state index contributed by atoms with van der Waals surface area (Å²) in [5.74, 6) is 2.52. The third-order valence-corrected chi connectivity index (χ3v) is 5.71. The lowest BCUT2D eigenvalue weighted by atomic mass is 10.1. The monoisotopic (exact) mass is 419 g/mol. The summed E-state index contributed by atoms with van der Waals surface area (Å²) in [4.78, 5) is 12.6. The molecule has 0 unspecified atom stereocenters. The fourth-order valence-corrected chi connectivity index (χ4v) is 3.94. The number of aryl methyl sites for hydroxylation is 1. The number of aromatic nitrogens is 3. The van der Waals surface area contributed by atoms with Crippen molar-refractivity contribution >= 4 is 17.5 Å². The third-order valence-electron chi connectivity index (χ3n) is 4.74. The molecular formula is C23H21N3O3S. The van der Waals surface area contributed by atoms with Crippen LogP contribution in [0.4, 0.5) is 0 Å². The number of methoxy groups -OCH3 is 1. The summed E-state index contributed by atoms with van der Waals surface area (Å²) in [6, 6.07) is 19.1. The highest BCUT2D eigenvalue weighted by Gasteiger charge is 2.19. The smallest absolute Gasteiger partial charge is 0.192 e. The van der Waals surface area contributed by atoms with Crippen LogP contribution in [-0.2, 0) is 6.54 Å². The molecule has 0 radical (unpaired) electrons. The van der Waals surface area contributed by atoms with Gasteiger partial charge in [-0.2, -0.15) is 0 Å². The Morgan fingerprint density at radius 2 is 1.83 bits per heavy atom. The van der Waals surface area contributed by atoms with Gasteiger partial charge in [0.25, 0.3) is 0 Å². The van der Waals surface area contributed by atoms with E-state index in [2.05, 4.69) is 22.3 Å². The minimum absolute atomic E-state index is 0.0259. The maximum atomic E-state index is 12.6. The molecule has 6 nitrogen and oxygen atoms in total. The normalized spacial score (nSPS) is 10.9. The first-order valence-electron chi connectivity index (χ1n) is 9.47. The minimum atomic E-state index is 0.0259. The fraction of sp³-hybridized carbons (Fsp3) is 0.174. The summed E-state index contributed by atoms with van der Waals surface area (Å²) in [6.45, 7) is 2.50. The van der Waals surface area contributed by atoms with Gasteiger partial charge >= 0.3 is 0 Å². The number of carbonyl (C=O) groups is 1. The molecule has 7 heteroatoms. The van der Waals surface area contributed by atoms with Gasteiger partial charge in [0, 0.05) is 5.56 Å². The van der Waals surface area contributed by atoms with Crippen molar-refractivity contribution < 1.29 is 13.9 Å². The standard InChI is InChI=1S/C23H21N3O3S/c1-16-20(12-13-29-16)22-24-25-23(26(22)14-17-6-4-3-5-7-17)30-15-21(27)18-8-10-19(28-2)11-9-18/h3-13H,14-15H2,1-2H3. The van der Waals surface area contributed by atoms with Gasteiger partial charge in [0.05, 0.1) is 31.2 Å². The Hall–Kier alpha value is -3.32. The van der Waals surface area contributed by atoms with Crippen molar-refractivity contribution in [2.45, 2.75) is 18.6 Å². The molecule has 0 saturated heterocycles. The Morgan fingerprint density at radius 3 is 2.50 bits per heavy atom. The largest absolute Gasteiger partial charge is 0.497 e. The van der Waals surface area contributed by atoms with Gasteiger partial charge in [0.1, 0.15) is 11.5 Å². The van der Waals surface area contributed by atoms with E-state index in [9.17, 15) is 4.79 Å². The second-order valence-electron chi connectivity index (χ2n) is 6.71. The maximum Gasteiger partial charge on any atom is 0.192 e. The average molecular weight is 420 g/mol. The van der Waals surface area contributed by atoms with E-state index in [1.165, 1.54) is 11.8 Å². The molecule has 0 aliphatic rings. The number of benzene rings is 2. The Balaban J connectivity index is 1.58. The molecule has 152 valence electrons. The molecule has 0 atom stereocenters. The first kappa shape index (κ1) is 20.0. The first-order valence-corrected chi connectivity index (χ1v) is 10.5. The molecule has 2 heterocycles. The number of hydrogen-bond acceptors (Lipinski definition) is 6. The van der Waals surface area contributed by atoms with Crippen molar-refractivity contribution in [1.29, 1.82) is 0 Å². The van der Waals surface area contributed by atoms with Gasteiger partial charge in [-0.1, -0.05) is 42.1 Å². The van der Waals surface area contributed by atoms with Gasteiger partial charge in [-0.05, 0) is 42.8 Å². The molecule has 0 amide bonds. The third kappa shape index (κ3) is 4.31. The lowest BCUT2D eigenvalue weighted by molar-refractivity contribution is 0.102. The van der Waals surface area contributed by atoms with Crippen LogP contribution in [0.25, 0.3) is 11.4 Å². The zero-order valence-electron chi connectivity index (χ0n) is 16.7. The number of thioether (sulfide) groups is 1. The van der Waals surface area contributed by atoms with E-state index in [1.54, 1.807) is 37.6 Å². The predicted molar refractivity (Wildman–Crippen MR) is 116 cm³/mol. The molecule has 0 spiro atoms. The Morgan fingerprint density at radius 1 is 1.07 bits per heavy atom. The second kappa shape index (κ2) is 9.00. The van der Waals surface area contributed by atoms with E-state index in [1.807, 2.05) is 35.8 Å². The number of ketones is 1. The maximum absolute atomic E-state index is 12.6. The number of hydrogen-bond donors (Lipinski definition) is 0. The Bertz CT molecular complexity index is 1130. The Labute approximate surface area is 178 Å². The number of rotatable bonds is 8. The quantitative estimate of drug-likeness (QED) is 0.299. The van der Waals surface area contributed by atoms with E-state index >= 15 is 0 Å². The second-order valence-corrected chi connectivity index (χ2v) is 7.65. The van der Waals surface area contributed by atoms with Crippen LogP contribution in [0.2, 0.25) is 0 Å². The summed E-state index contributed by atoms with van der Waals surface area (Å²) < 4.78 is 12.6. The van der Waals surface area contributed by atoms with Gasteiger partial charge in [0.15, 0.2) is 16.8 Å². The molecule has 4 aromatic rings. The van der Waals surface area contributed by atoms with Crippen LogP contribution >= 0.6 is 11.8 Å². The van der Waals surface area contributed by atoms with Crippen LogP contribution in [0.3, 0.4) is 0 Å². The van der Waals surface area contributed by atoms with Crippen LogP contribution in [0, 0.1) is 6.92 Å². The summed E-state index contributed by atoms with van der Waals surface area (Å²) >= 11 is 1.38. The highest BCUT2D eigenvalue weighted by Crippen LogP contribution is 2.28. The lowest BCUT2D eigenvalue weighted by Gasteiger charge is -2.10. The average Bonchev–Trinajstić information content (AvgIpc) is 3.38. The number of nitrogens with zero attached hydrogens (tertiary/aromatic N) is 3. The SMILES string of the molecule is COc1ccc(C(=O)CSc2nnc(-c3ccoc3C)n2Cc2ccccc2)cc1. The molecule has 0 aliphatic carbocycles. The molecule has 2 aromatic carbocycles. The molecule has 0 fully saturated rings. The molecule has 0 aliphatic heterocycles. The zero-order valence-corrected chi connectivity index (χ0v) is 17.6. The van der Waals surface area contributed by atoms with Crippen molar-refractivity contribution in [3.63, 3.8) is 0 Å². The molecule has 4 rings (SSSR count). The summed E-state index contributed by atoms with van der Waals surface area (Å²) in [6.07, 6.45) is 1.65.